The molecule has 1 heterocycles. The first-order valence-electron chi connectivity index (χ1n) is 8.56. The summed E-state index contributed by atoms with van der Waals surface area (Å²) in [5, 5.41) is 18.9. The van der Waals surface area contributed by atoms with E-state index in [0.717, 1.165) is 52.9 Å². The van der Waals surface area contributed by atoms with Gasteiger partial charge in [0.1, 0.15) is 11.6 Å². The van der Waals surface area contributed by atoms with Crippen molar-refractivity contribution < 1.29 is 14.6 Å². The minimum atomic E-state index is -1.25. The van der Waals surface area contributed by atoms with Crippen molar-refractivity contribution in [3.8, 4) is 5.75 Å². The molecule has 0 aliphatic carbocycles. The molecule has 0 aliphatic heterocycles. The second-order valence-corrected chi connectivity index (χ2v) is 7.33. The van der Waals surface area contributed by atoms with Gasteiger partial charge in [0.05, 0.1) is 13.1 Å². The van der Waals surface area contributed by atoms with Gasteiger partial charge >= 0.3 is 0 Å². The average molecular weight is 374 g/mol. The standard InChI is InChI=1S/C19H25N3O3S/c1-6-7-17-20-19(22-21-17)26-16(18(23)24)10-13-9-14(11(2)3)15(25-5)8-12(13)4/h8-11H,6-7H2,1-5H3,(H,23,24)(H,20,21,22)/p-1/b16-10-. The first-order chi connectivity index (χ1) is 12.3. The van der Waals surface area contributed by atoms with Crippen LogP contribution in [0.25, 0.3) is 6.08 Å². The highest BCUT2D eigenvalue weighted by Crippen LogP contribution is 2.32. The molecule has 0 atom stereocenters. The minimum Gasteiger partial charge on any atom is -0.544 e. The highest BCUT2D eigenvalue weighted by atomic mass is 32.2. The first kappa shape index (κ1) is 20.0. The van der Waals surface area contributed by atoms with E-state index in [1.165, 1.54) is 0 Å². The van der Waals surface area contributed by atoms with Crippen molar-refractivity contribution in [3.05, 3.63) is 39.6 Å². The average Bonchev–Trinajstić information content (AvgIpc) is 3.02. The third-order valence-electron chi connectivity index (χ3n) is 3.93. The molecule has 1 aromatic carbocycles. The summed E-state index contributed by atoms with van der Waals surface area (Å²) in [4.78, 5) is 16.0. The van der Waals surface area contributed by atoms with E-state index in [2.05, 4.69) is 29.0 Å². The van der Waals surface area contributed by atoms with Crippen LogP contribution in [-0.4, -0.2) is 28.3 Å². The van der Waals surface area contributed by atoms with E-state index < -0.39 is 5.97 Å². The second kappa shape index (κ2) is 8.89. The minimum absolute atomic E-state index is 0.0648. The van der Waals surface area contributed by atoms with Crippen molar-refractivity contribution in [2.75, 3.05) is 7.11 Å². The summed E-state index contributed by atoms with van der Waals surface area (Å²) in [6, 6.07) is 3.88. The molecule has 0 spiro atoms. The van der Waals surface area contributed by atoms with Crippen LogP contribution in [0.3, 0.4) is 0 Å². The highest BCUT2D eigenvalue weighted by molar-refractivity contribution is 8.04. The van der Waals surface area contributed by atoms with Gasteiger partial charge in [0.2, 0.25) is 5.16 Å². The third kappa shape index (κ3) is 4.88. The summed E-state index contributed by atoms with van der Waals surface area (Å²) in [5.74, 6) is 0.547. The van der Waals surface area contributed by atoms with Gasteiger partial charge in [-0.3, -0.25) is 5.10 Å². The van der Waals surface area contributed by atoms with Crippen LogP contribution in [-0.2, 0) is 11.2 Å². The monoisotopic (exact) mass is 374 g/mol. The molecular weight excluding hydrogens is 350 g/mol. The predicted molar refractivity (Wildman–Crippen MR) is 101 cm³/mol. The largest absolute Gasteiger partial charge is 0.544 e. The molecule has 0 unspecified atom stereocenters. The highest BCUT2D eigenvalue weighted by Gasteiger charge is 2.13. The molecule has 0 aliphatic rings. The van der Waals surface area contributed by atoms with Gasteiger partial charge in [0.25, 0.3) is 0 Å². The molecule has 2 aromatic rings. The number of carboxylic acids is 1. The van der Waals surface area contributed by atoms with E-state index in [1.807, 2.05) is 26.0 Å². The van der Waals surface area contributed by atoms with Crippen molar-refractivity contribution in [2.45, 2.75) is 51.6 Å². The Kier molecular flexibility index (Phi) is 6.85. The molecule has 0 amide bonds. The van der Waals surface area contributed by atoms with E-state index in [-0.39, 0.29) is 10.8 Å². The number of aryl methyl sites for hydroxylation is 2. The molecule has 1 aromatic heterocycles. The van der Waals surface area contributed by atoms with Crippen molar-refractivity contribution >= 4 is 23.8 Å². The Bertz CT molecular complexity index is 812. The molecule has 2 rings (SSSR count). The van der Waals surface area contributed by atoms with Gasteiger partial charge in [0.15, 0.2) is 0 Å². The first-order valence-corrected chi connectivity index (χ1v) is 9.38. The predicted octanol–water partition coefficient (Wildman–Crippen LogP) is 3.08. The molecule has 7 heteroatoms. The van der Waals surface area contributed by atoms with Crippen LogP contribution >= 0.6 is 11.8 Å². The van der Waals surface area contributed by atoms with Crippen molar-refractivity contribution in [1.82, 2.24) is 15.2 Å². The van der Waals surface area contributed by atoms with Crippen LogP contribution in [0.4, 0.5) is 0 Å². The van der Waals surface area contributed by atoms with E-state index in [1.54, 1.807) is 13.2 Å². The molecular formula is C19H24N3O3S-. The quantitative estimate of drug-likeness (QED) is 0.564. The number of rotatable bonds is 8. The number of carbonyl (C=O) groups is 1. The maximum absolute atomic E-state index is 11.6. The normalized spacial score (nSPS) is 11.8. The smallest absolute Gasteiger partial charge is 0.213 e. The van der Waals surface area contributed by atoms with Gasteiger partial charge in [-0.2, -0.15) is 0 Å². The van der Waals surface area contributed by atoms with Gasteiger partial charge < -0.3 is 14.6 Å². The number of nitrogens with one attached hydrogen (secondary N) is 1. The number of benzene rings is 1. The van der Waals surface area contributed by atoms with E-state index in [9.17, 15) is 9.90 Å². The maximum Gasteiger partial charge on any atom is 0.213 e. The number of hydrogen-bond donors (Lipinski definition) is 1. The van der Waals surface area contributed by atoms with Crippen LogP contribution in [0.15, 0.2) is 22.2 Å². The van der Waals surface area contributed by atoms with Gasteiger partial charge in [-0.05, 0) is 65.9 Å². The fourth-order valence-corrected chi connectivity index (χ4v) is 3.25. The zero-order valence-corrected chi connectivity index (χ0v) is 16.6. The molecule has 0 bridgehead atoms. The lowest BCUT2D eigenvalue weighted by atomic mass is 9.96. The zero-order chi connectivity index (χ0) is 19.3. The number of carboxylic acid groups (broad SMARTS) is 1. The van der Waals surface area contributed by atoms with E-state index in [0.29, 0.717) is 5.16 Å². The molecule has 26 heavy (non-hydrogen) atoms. The Morgan fingerprint density at radius 2 is 2.15 bits per heavy atom. The van der Waals surface area contributed by atoms with Crippen molar-refractivity contribution in [3.63, 3.8) is 0 Å². The number of hydrogen-bond acceptors (Lipinski definition) is 6. The number of aliphatic carboxylic acids is 1. The molecule has 0 saturated heterocycles. The number of methoxy groups -OCH3 is 1. The number of H-pyrrole nitrogens is 1. The van der Waals surface area contributed by atoms with E-state index >= 15 is 0 Å². The van der Waals surface area contributed by atoms with Gasteiger partial charge in [-0.15, -0.1) is 5.10 Å². The van der Waals surface area contributed by atoms with Crippen LogP contribution in [0.1, 0.15) is 55.6 Å². The number of nitrogens with zero attached hydrogens (tertiary/aromatic N) is 2. The van der Waals surface area contributed by atoms with Crippen LogP contribution in [0.2, 0.25) is 0 Å². The molecule has 0 radical (unpaired) electrons. The lowest BCUT2D eigenvalue weighted by Crippen LogP contribution is -2.23. The van der Waals surface area contributed by atoms with Crippen molar-refractivity contribution in [1.29, 1.82) is 0 Å². The summed E-state index contributed by atoms with van der Waals surface area (Å²) in [7, 11) is 1.63. The molecule has 0 saturated carbocycles. The molecule has 140 valence electrons. The number of thioether (sulfide) groups is 1. The topological polar surface area (TPSA) is 90.9 Å². The number of carbonyl (C=O) groups excluding carboxylic acids is 1. The van der Waals surface area contributed by atoms with Gasteiger partial charge in [-0.1, -0.05) is 20.8 Å². The van der Waals surface area contributed by atoms with Crippen LogP contribution < -0.4 is 9.84 Å². The summed E-state index contributed by atoms with van der Waals surface area (Å²) in [6.45, 7) is 8.10. The van der Waals surface area contributed by atoms with Gasteiger partial charge in [-0.25, -0.2) is 4.98 Å². The summed E-state index contributed by atoms with van der Waals surface area (Å²) < 4.78 is 5.44. The summed E-state index contributed by atoms with van der Waals surface area (Å²) >= 11 is 0.986. The lowest BCUT2D eigenvalue weighted by Gasteiger charge is -2.15. The fourth-order valence-electron chi connectivity index (χ4n) is 2.54. The Hall–Kier alpha value is -2.28. The van der Waals surface area contributed by atoms with Crippen LogP contribution in [0, 0.1) is 6.92 Å². The Labute approximate surface area is 158 Å². The van der Waals surface area contributed by atoms with Crippen molar-refractivity contribution in [2.24, 2.45) is 0 Å². The fraction of sp³-hybridized carbons (Fsp3) is 0.421. The molecule has 6 nitrogen and oxygen atoms in total. The SMILES string of the molecule is CCCc1nc(S/C(=C\c2cc(C(C)C)c(OC)cc2C)C(=O)[O-])n[nH]1. The Morgan fingerprint density at radius 3 is 2.73 bits per heavy atom. The summed E-state index contributed by atoms with van der Waals surface area (Å²) in [6.07, 6.45) is 3.31. The van der Waals surface area contributed by atoms with Gasteiger partial charge in [0, 0.05) is 11.3 Å². The van der Waals surface area contributed by atoms with E-state index in [4.69, 9.17) is 4.74 Å². The molecule has 1 N–H and O–H groups in total. The number of aromatic nitrogens is 3. The Morgan fingerprint density at radius 1 is 1.42 bits per heavy atom. The Balaban J connectivity index is 2.38. The lowest BCUT2D eigenvalue weighted by molar-refractivity contribution is -0.297. The number of aromatic amines is 1. The third-order valence-corrected chi connectivity index (χ3v) is 4.80. The second-order valence-electron chi connectivity index (χ2n) is 6.32. The van der Waals surface area contributed by atoms with Crippen LogP contribution in [0.5, 0.6) is 5.75 Å². The molecule has 0 fully saturated rings. The zero-order valence-electron chi connectivity index (χ0n) is 15.8. The maximum atomic E-state index is 11.6. The summed E-state index contributed by atoms with van der Waals surface area (Å²) in [5.41, 5.74) is 2.76. The number of ether oxygens (including phenoxy) is 1.